The van der Waals surface area contributed by atoms with Crippen LogP contribution in [0, 0.1) is 6.92 Å². The molecule has 150 valence electrons. The average Bonchev–Trinajstić information content (AvgIpc) is 2.88. The van der Waals surface area contributed by atoms with Crippen molar-refractivity contribution < 1.29 is 0 Å². The Kier molecular flexibility index (Phi) is 5.71. The molecule has 3 rings (SSSR count). The molecule has 2 aromatic rings. The molecule has 1 aliphatic rings. The molecule has 1 aliphatic heterocycles. The van der Waals surface area contributed by atoms with Gasteiger partial charge in [0, 0.05) is 29.3 Å². The Balaban J connectivity index is 1.74. The van der Waals surface area contributed by atoms with Crippen molar-refractivity contribution in [2.75, 3.05) is 11.9 Å². The quantitative estimate of drug-likeness (QED) is 0.491. The minimum absolute atomic E-state index is 0.00974. The van der Waals surface area contributed by atoms with Crippen LogP contribution in [0.5, 0.6) is 0 Å². The lowest BCUT2D eigenvalue weighted by Crippen LogP contribution is -2.22. The third-order valence-corrected chi connectivity index (χ3v) is 6.34. The Labute approximate surface area is 176 Å². The number of benzene rings is 2. The van der Waals surface area contributed by atoms with Crippen molar-refractivity contribution in [2.24, 2.45) is 0 Å². The summed E-state index contributed by atoms with van der Waals surface area (Å²) in [5.74, 6) is 0. The maximum atomic E-state index is 4.34. The standard InChI is InChI=1S/C28H33N/c1-21-15-11-12-17-23(21)27(3,4)22(2)16-9-8-10-20-26-28(5,6)24-18-13-14-19-25(24)29(26)7/h8-20H,2H2,1,3-7H3/b10-8+,16-9+,26-20-. The zero-order chi connectivity index (χ0) is 21.2. The Hall–Kier alpha value is -2.80. The Bertz CT molecular complexity index is 998. The van der Waals surface area contributed by atoms with E-state index in [-0.39, 0.29) is 10.8 Å². The van der Waals surface area contributed by atoms with Crippen molar-refractivity contribution >= 4 is 5.69 Å². The predicted octanol–water partition coefficient (Wildman–Crippen LogP) is 7.25. The first kappa shape index (κ1) is 20.9. The van der Waals surface area contributed by atoms with Gasteiger partial charge in [0.1, 0.15) is 0 Å². The number of hydrogen-bond donors (Lipinski definition) is 0. The van der Waals surface area contributed by atoms with Crippen molar-refractivity contribution in [3.05, 3.63) is 113 Å². The van der Waals surface area contributed by atoms with Gasteiger partial charge < -0.3 is 4.90 Å². The number of anilines is 1. The normalized spacial score (nSPS) is 17.4. The highest BCUT2D eigenvalue weighted by Gasteiger charge is 2.37. The predicted molar refractivity (Wildman–Crippen MR) is 128 cm³/mol. The van der Waals surface area contributed by atoms with Crippen molar-refractivity contribution in [3.63, 3.8) is 0 Å². The second kappa shape index (κ2) is 7.91. The van der Waals surface area contributed by atoms with E-state index in [9.17, 15) is 0 Å². The molecule has 1 heteroatoms. The highest BCUT2D eigenvalue weighted by atomic mass is 15.2. The minimum Gasteiger partial charge on any atom is -0.347 e. The van der Waals surface area contributed by atoms with Crippen LogP contribution >= 0.6 is 0 Å². The first-order valence-electron chi connectivity index (χ1n) is 10.3. The third kappa shape index (κ3) is 3.87. The molecule has 0 N–H and O–H groups in total. The molecule has 29 heavy (non-hydrogen) atoms. The number of allylic oxidation sites excluding steroid dienone is 7. The Morgan fingerprint density at radius 2 is 1.62 bits per heavy atom. The summed E-state index contributed by atoms with van der Waals surface area (Å²) in [6.45, 7) is 15.6. The summed E-state index contributed by atoms with van der Waals surface area (Å²) >= 11 is 0. The molecule has 0 aliphatic carbocycles. The summed E-state index contributed by atoms with van der Waals surface area (Å²) in [4.78, 5) is 2.30. The van der Waals surface area contributed by atoms with Crippen LogP contribution in [0.25, 0.3) is 0 Å². The highest BCUT2D eigenvalue weighted by Crippen LogP contribution is 2.46. The molecular weight excluding hydrogens is 350 g/mol. The zero-order valence-electron chi connectivity index (χ0n) is 18.7. The number of para-hydroxylation sites is 1. The highest BCUT2D eigenvalue weighted by molar-refractivity contribution is 5.70. The third-order valence-electron chi connectivity index (χ3n) is 6.34. The summed E-state index contributed by atoms with van der Waals surface area (Å²) in [5.41, 5.74) is 7.63. The monoisotopic (exact) mass is 383 g/mol. The topological polar surface area (TPSA) is 3.24 Å². The summed E-state index contributed by atoms with van der Waals surface area (Å²) < 4.78 is 0. The molecule has 1 nitrogen and oxygen atoms in total. The summed E-state index contributed by atoms with van der Waals surface area (Å²) in [7, 11) is 2.15. The van der Waals surface area contributed by atoms with E-state index in [1.165, 1.54) is 28.1 Å². The number of rotatable bonds is 5. The molecule has 0 spiro atoms. The van der Waals surface area contributed by atoms with Crippen LogP contribution in [0.2, 0.25) is 0 Å². The maximum Gasteiger partial charge on any atom is 0.0447 e. The molecule has 0 atom stereocenters. The van der Waals surface area contributed by atoms with E-state index in [1.807, 2.05) is 0 Å². The Morgan fingerprint density at radius 3 is 2.31 bits per heavy atom. The van der Waals surface area contributed by atoms with Crippen LogP contribution in [0.3, 0.4) is 0 Å². The molecule has 0 saturated carbocycles. The van der Waals surface area contributed by atoms with E-state index in [0.29, 0.717) is 0 Å². The molecule has 1 heterocycles. The molecule has 0 radical (unpaired) electrons. The first-order valence-corrected chi connectivity index (χ1v) is 10.3. The van der Waals surface area contributed by atoms with Crippen LogP contribution in [0.4, 0.5) is 5.69 Å². The van der Waals surface area contributed by atoms with Crippen molar-refractivity contribution in [2.45, 2.75) is 45.4 Å². The van der Waals surface area contributed by atoms with Crippen LogP contribution in [-0.2, 0) is 10.8 Å². The van der Waals surface area contributed by atoms with Gasteiger partial charge in [-0.15, -0.1) is 0 Å². The number of likely N-dealkylation sites (N-methyl/N-ethyl adjacent to an activating group) is 1. The molecular formula is C28H33N. The fraction of sp³-hybridized carbons (Fsp3) is 0.286. The number of nitrogens with zero attached hydrogens (tertiary/aromatic N) is 1. The van der Waals surface area contributed by atoms with E-state index in [1.54, 1.807) is 0 Å². The van der Waals surface area contributed by atoms with Crippen LogP contribution in [-0.4, -0.2) is 7.05 Å². The molecule has 0 saturated heterocycles. The van der Waals surface area contributed by atoms with Gasteiger partial charge in [-0.05, 0) is 41.3 Å². The second-order valence-electron chi connectivity index (χ2n) is 8.96. The lowest BCUT2D eigenvalue weighted by Gasteiger charge is -2.28. The van der Waals surface area contributed by atoms with Crippen molar-refractivity contribution in [1.29, 1.82) is 0 Å². The first-order chi connectivity index (χ1) is 13.7. The van der Waals surface area contributed by atoms with Gasteiger partial charge in [0.15, 0.2) is 0 Å². The zero-order valence-corrected chi connectivity index (χ0v) is 18.7. The van der Waals surface area contributed by atoms with E-state index in [4.69, 9.17) is 0 Å². The average molecular weight is 384 g/mol. The number of aryl methyl sites for hydroxylation is 1. The lowest BCUT2D eigenvalue weighted by molar-refractivity contribution is 0.637. The number of fused-ring (bicyclic) bond motifs is 1. The molecule has 0 unspecified atom stereocenters. The van der Waals surface area contributed by atoms with Crippen LogP contribution < -0.4 is 4.90 Å². The van der Waals surface area contributed by atoms with E-state index in [2.05, 4.69) is 132 Å². The fourth-order valence-corrected chi connectivity index (χ4v) is 4.34. The summed E-state index contributed by atoms with van der Waals surface area (Å²) in [6, 6.07) is 17.2. The van der Waals surface area contributed by atoms with Crippen LogP contribution in [0.15, 0.2) is 96.8 Å². The van der Waals surface area contributed by atoms with E-state index in [0.717, 1.165) is 5.57 Å². The minimum atomic E-state index is -0.0938. The largest absolute Gasteiger partial charge is 0.347 e. The van der Waals surface area contributed by atoms with Gasteiger partial charge >= 0.3 is 0 Å². The molecule has 0 fully saturated rings. The van der Waals surface area contributed by atoms with E-state index < -0.39 is 0 Å². The van der Waals surface area contributed by atoms with Crippen molar-refractivity contribution in [3.8, 4) is 0 Å². The van der Waals surface area contributed by atoms with E-state index >= 15 is 0 Å². The molecule has 2 aromatic carbocycles. The van der Waals surface area contributed by atoms with Crippen LogP contribution in [0.1, 0.15) is 44.4 Å². The van der Waals surface area contributed by atoms with Gasteiger partial charge in [0.25, 0.3) is 0 Å². The molecule has 0 bridgehead atoms. The number of hydrogen-bond acceptors (Lipinski definition) is 1. The summed E-state index contributed by atoms with van der Waals surface area (Å²) in [5, 5.41) is 0. The van der Waals surface area contributed by atoms with Gasteiger partial charge in [-0.1, -0.05) is 101 Å². The lowest BCUT2D eigenvalue weighted by atomic mass is 9.76. The maximum absolute atomic E-state index is 4.34. The molecule has 0 aromatic heterocycles. The fourth-order valence-electron chi connectivity index (χ4n) is 4.34. The SMILES string of the molecule is C=C(/C=C/C=C/C=C1\N(C)c2ccccc2C1(C)C)C(C)(C)c1ccccc1C. The summed E-state index contributed by atoms with van der Waals surface area (Å²) in [6.07, 6.45) is 10.7. The smallest absolute Gasteiger partial charge is 0.0447 e. The Morgan fingerprint density at radius 1 is 0.966 bits per heavy atom. The van der Waals surface area contributed by atoms with Crippen molar-refractivity contribution in [1.82, 2.24) is 0 Å². The van der Waals surface area contributed by atoms with Gasteiger partial charge in [-0.3, -0.25) is 0 Å². The van der Waals surface area contributed by atoms with Gasteiger partial charge in [0.2, 0.25) is 0 Å². The van der Waals surface area contributed by atoms with Gasteiger partial charge in [0.05, 0.1) is 0 Å². The molecule has 0 amide bonds. The second-order valence-corrected chi connectivity index (χ2v) is 8.96. The van der Waals surface area contributed by atoms with Gasteiger partial charge in [-0.25, -0.2) is 0 Å². The van der Waals surface area contributed by atoms with Gasteiger partial charge in [-0.2, -0.15) is 0 Å².